The highest BCUT2D eigenvalue weighted by Gasteiger charge is 2.16. The summed E-state index contributed by atoms with van der Waals surface area (Å²) in [5.41, 5.74) is 5.28. The molecular weight excluding hydrogens is 422 g/mol. The molecule has 4 rings (SSSR count). The minimum Gasteiger partial charge on any atom is -0.465 e. The monoisotopic (exact) mass is 447 g/mol. The maximum absolute atomic E-state index is 11.6. The van der Waals surface area contributed by atoms with E-state index in [1.165, 1.54) is 7.11 Å². The number of hydrogen-bond donors (Lipinski definition) is 2. The molecule has 0 unspecified atom stereocenters. The number of ether oxygens (including phenoxy) is 2. The number of hydrazone groups is 1. The summed E-state index contributed by atoms with van der Waals surface area (Å²) >= 11 is 0. The SMILES string of the molecule is COC(=O)c1ccc(/C=N/Nc2nc(NCc3ccccc3)nc(N3CCOCC3)n2)cc1. The highest BCUT2D eigenvalue weighted by Crippen LogP contribution is 2.16. The molecular formula is C23H25N7O3. The Morgan fingerprint density at radius 3 is 2.52 bits per heavy atom. The van der Waals surface area contributed by atoms with E-state index in [0.717, 1.165) is 11.1 Å². The molecule has 10 nitrogen and oxygen atoms in total. The van der Waals surface area contributed by atoms with Crippen molar-refractivity contribution < 1.29 is 14.3 Å². The fourth-order valence-corrected chi connectivity index (χ4v) is 3.16. The third-order valence-electron chi connectivity index (χ3n) is 4.92. The Bertz CT molecular complexity index is 1080. The van der Waals surface area contributed by atoms with E-state index >= 15 is 0 Å². The summed E-state index contributed by atoms with van der Waals surface area (Å²) < 4.78 is 10.1. The maximum Gasteiger partial charge on any atom is 0.337 e. The van der Waals surface area contributed by atoms with E-state index in [2.05, 4.69) is 35.7 Å². The molecule has 0 spiro atoms. The number of hydrogen-bond acceptors (Lipinski definition) is 10. The number of morpholine rings is 1. The van der Waals surface area contributed by atoms with Crippen LogP contribution in [-0.2, 0) is 16.0 Å². The van der Waals surface area contributed by atoms with E-state index < -0.39 is 0 Å². The number of nitrogens with one attached hydrogen (secondary N) is 2. The van der Waals surface area contributed by atoms with Crippen molar-refractivity contribution in [3.8, 4) is 0 Å². The zero-order valence-corrected chi connectivity index (χ0v) is 18.3. The molecule has 1 aromatic heterocycles. The van der Waals surface area contributed by atoms with Crippen molar-refractivity contribution in [1.29, 1.82) is 0 Å². The van der Waals surface area contributed by atoms with Gasteiger partial charge in [0, 0.05) is 19.6 Å². The number of carbonyl (C=O) groups excluding carboxylic acids is 1. The summed E-state index contributed by atoms with van der Waals surface area (Å²) in [6, 6.07) is 16.9. The number of carbonyl (C=O) groups is 1. The van der Waals surface area contributed by atoms with Gasteiger partial charge in [0.2, 0.25) is 17.8 Å². The first kappa shape index (κ1) is 22.2. The second-order valence-electron chi connectivity index (χ2n) is 7.20. The van der Waals surface area contributed by atoms with Gasteiger partial charge in [-0.2, -0.15) is 20.1 Å². The van der Waals surface area contributed by atoms with Gasteiger partial charge in [0.25, 0.3) is 0 Å². The summed E-state index contributed by atoms with van der Waals surface area (Å²) in [6.45, 7) is 3.25. The normalized spacial score (nSPS) is 13.7. The molecule has 2 N–H and O–H groups in total. The van der Waals surface area contributed by atoms with Crippen LogP contribution in [0.5, 0.6) is 0 Å². The molecule has 1 saturated heterocycles. The van der Waals surface area contributed by atoms with E-state index in [-0.39, 0.29) is 5.97 Å². The van der Waals surface area contributed by atoms with Crippen molar-refractivity contribution >= 4 is 30.0 Å². The van der Waals surface area contributed by atoms with Gasteiger partial charge in [-0.05, 0) is 23.3 Å². The van der Waals surface area contributed by atoms with Gasteiger partial charge in [0.15, 0.2) is 0 Å². The van der Waals surface area contributed by atoms with Crippen molar-refractivity contribution in [2.75, 3.05) is 49.1 Å². The average Bonchev–Trinajstić information content (AvgIpc) is 2.88. The van der Waals surface area contributed by atoms with Crippen LogP contribution in [0.25, 0.3) is 0 Å². The molecule has 0 saturated carbocycles. The van der Waals surface area contributed by atoms with Crippen LogP contribution < -0.4 is 15.6 Å². The molecule has 10 heteroatoms. The maximum atomic E-state index is 11.6. The van der Waals surface area contributed by atoms with Crippen molar-refractivity contribution in [2.24, 2.45) is 5.10 Å². The molecule has 0 aliphatic carbocycles. The Morgan fingerprint density at radius 1 is 1.06 bits per heavy atom. The van der Waals surface area contributed by atoms with Gasteiger partial charge >= 0.3 is 5.97 Å². The van der Waals surface area contributed by atoms with Crippen LogP contribution in [0.2, 0.25) is 0 Å². The van der Waals surface area contributed by atoms with Crippen molar-refractivity contribution in [1.82, 2.24) is 15.0 Å². The Morgan fingerprint density at radius 2 is 1.79 bits per heavy atom. The van der Waals surface area contributed by atoms with E-state index in [9.17, 15) is 4.79 Å². The van der Waals surface area contributed by atoms with Crippen molar-refractivity contribution in [3.63, 3.8) is 0 Å². The highest BCUT2D eigenvalue weighted by molar-refractivity contribution is 5.90. The van der Waals surface area contributed by atoms with E-state index in [0.29, 0.717) is 56.3 Å². The minimum atomic E-state index is -0.382. The Labute approximate surface area is 191 Å². The lowest BCUT2D eigenvalue weighted by Gasteiger charge is -2.27. The van der Waals surface area contributed by atoms with Gasteiger partial charge in [-0.25, -0.2) is 10.2 Å². The lowest BCUT2D eigenvalue weighted by atomic mass is 10.1. The van der Waals surface area contributed by atoms with Crippen LogP contribution in [0.15, 0.2) is 59.7 Å². The van der Waals surface area contributed by atoms with Gasteiger partial charge in [0.05, 0.1) is 32.1 Å². The predicted octanol–water partition coefficient (Wildman–Crippen LogP) is 2.55. The quantitative estimate of drug-likeness (QED) is 0.305. The summed E-state index contributed by atoms with van der Waals surface area (Å²) in [7, 11) is 1.35. The Kier molecular flexibility index (Phi) is 7.39. The first-order valence-electron chi connectivity index (χ1n) is 10.6. The number of nitrogens with zero attached hydrogens (tertiary/aromatic N) is 5. The molecule has 170 valence electrons. The van der Waals surface area contributed by atoms with E-state index in [1.807, 2.05) is 30.3 Å². The molecule has 1 aliphatic rings. The minimum absolute atomic E-state index is 0.324. The first-order chi connectivity index (χ1) is 16.2. The van der Waals surface area contributed by atoms with Gasteiger partial charge in [-0.3, -0.25) is 0 Å². The Balaban J connectivity index is 1.48. The standard InChI is InChI=1S/C23H25N7O3/c1-32-20(31)19-9-7-18(8-10-19)16-25-29-22-26-21(24-15-17-5-3-2-4-6-17)27-23(28-22)30-11-13-33-14-12-30/h2-10,16H,11-15H2,1H3,(H2,24,26,27,28,29)/b25-16+. The molecule has 0 amide bonds. The van der Waals surface area contributed by atoms with Crippen LogP contribution in [0.3, 0.4) is 0 Å². The Hall–Kier alpha value is -4.05. The largest absolute Gasteiger partial charge is 0.465 e. The molecule has 0 radical (unpaired) electrons. The third-order valence-corrected chi connectivity index (χ3v) is 4.92. The van der Waals surface area contributed by atoms with E-state index in [4.69, 9.17) is 9.47 Å². The van der Waals surface area contributed by atoms with Crippen LogP contribution in [-0.4, -0.2) is 60.5 Å². The number of methoxy groups -OCH3 is 1. The molecule has 1 aliphatic heterocycles. The van der Waals surface area contributed by atoms with E-state index in [1.54, 1.807) is 30.5 Å². The summed E-state index contributed by atoms with van der Waals surface area (Å²) in [5.74, 6) is 0.955. The fourth-order valence-electron chi connectivity index (χ4n) is 3.16. The molecule has 0 atom stereocenters. The smallest absolute Gasteiger partial charge is 0.337 e. The zero-order chi connectivity index (χ0) is 22.9. The number of esters is 1. The molecule has 3 aromatic rings. The lowest BCUT2D eigenvalue weighted by Crippen LogP contribution is -2.37. The summed E-state index contributed by atoms with van der Waals surface area (Å²) in [5, 5.41) is 7.49. The van der Waals surface area contributed by atoms with Crippen LogP contribution in [0.1, 0.15) is 21.5 Å². The molecule has 33 heavy (non-hydrogen) atoms. The number of aromatic nitrogens is 3. The molecule has 0 bridgehead atoms. The topological polar surface area (TPSA) is 114 Å². The fraction of sp³-hybridized carbons (Fsp3) is 0.261. The zero-order valence-electron chi connectivity index (χ0n) is 18.3. The molecule has 1 fully saturated rings. The molecule has 2 aromatic carbocycles. The van der Waals surface area contributed by atoms with Gasteiger partial charge < -0.3 is 19.7 Å². The van der Waals surface area contributed by atoms with Crippen LogP contribution in [0.4, 0.5) is 17.8 Å². The second kappa shape index (κ2) is 11.0. The number of benzene rings is 2. The number of rotatable bonds is 8. The average molecular weight is 447 g/mol. The van der Waals surface area contributed by atoms with Gasteiger partial charge in [-0.1, -0.05) is 42.5 Å². The van der Waals surface area contributed by atoms with Crippen LogP contribution in [0, 0.1) is 0 Å². The van der Waals surface area contributed by atoms with Gasteiger partial charge in [0.1, 0.15) is 0 Å². The highest BCUT2D eigenvalue weighted by atomic mass is 16.5. The third kappa shape index (κ3) is 6.23. The molecule has 2 heterocycles. The summed E-state index contributed by atoms with van der Waals surface area (Å²) in [6.07, 6.45) is 1.62. The number of anilines is 3. The predicted molar refractivity (Wildman–Crippen MR) is 126 cm³/mol. The van der Waals surface area contributed by atoms with Gasteiger partial charge in [-0.15, -0.1) is 0 Å². The van der Waals surface area contributed by atoms with Crippen molar-refractivity contribution in [2.45, 2.75) is 6.54 Å². The first-order valence-corrected chi connectivity index (χ1v) is 10.6. The lowest BCUT2D eigenvalue weighted by molar-refractivity contribution is 0.0600. The van der Waals surface area contributed by atoms with Crippen molar-refractivity contribution in [3.05, 3.63) is 71.3 Å². The summed E-state index contributed by atoms with van der Waals surface area (Å²) in [4.78, 5) is 27.1. The second-order valence-corrected chi connectivity index (χ2v) is 7.20. The van der Waals surface area contributed by atoms with Crippen LogP contribution >= 0.6 is 0 Å².